The smallest absolute Gasteiger partial charge is 0.322 e. The summed E-state index contributed by atoms with van der Waals surface area (Å²) in [4.78, 5) is 11.4. The fraction of sp³-hybridized carbons (Fsp3) is 0.533. The second-order valence-corrected chi connectivity index (χ2v) is 4.50. The molecule has 0 spiro atoms. The lowest BCUT2D eigenvalue weighted by Gasteiger charge is -2.17. The Hall–Kier alpha value is -1.79. The van der Waals surface area contributed by atoms with Gasteiger partial charge < -0.3 is 24.6 Å². The van der Waals surface area contributed by atoms with Crippen LogP contribution in [0, 0.1) is 0 Å². The molecule has 118 valence electrons. The Kier molecular flexibility index (Phi) is 7.56. The van der Waals surface area contributed by atoms with E-state index in [1.54, 1.807) is 33.1 Å². The van der Waals surface area contributed by atoms with E-state index in [1.807, 2.05) is 12.1 Å². The third-order valence-corrected chi connectivity index (χ3v) is 2.80. The van der Waals surface area contributed by atoms with Gasteiger partial charge in [-0.3, -0.25) is 4.79 Å². The highest BCUT2D eigenvalue weighted by Crippen LogP contribution is 2.25. The first-order valence-electron chi connectivity index (χ1n) is 6.92. The molecule has 0 aliphatic rings. The zero-order chi connectivity index (χ0) is 15.7. The first-order valence-corrected chi connectivity index (χ1v) is 6.92. The molecule has 6 nitrogen and oxygen atoms in total. The summed E-state index contributed by atoms with van der Waals surface area (Å²) in [6.07, 6.45) is -0.744. The van der Waals surface area contributed by atoms with E-state index >= 15 is 0 Å². The predicted molar refractivity (Wildman–Crippen MR) is 78.6 cm³/mol. The molecule has 0 aliphatic carbocycles. The van der Waals surface area contributed by atoms with Gasteiger partial charge in [-0.2, -0.15) is 0 Å². The molecule has 0 amide bonds. The maximum atomic E-state index is 11.4. The van der Waals surface area contributed by atoms with E-state index < -0.39 is 12.1 Å². The third-order valence-electron chi connectivity index (χ3n) is 2.80. The van der Waals surface area contributed by atoms with E-state index in [4.69, 9.17) is 14.2 Å². The monoisotopic (exact) mass is 297 g/mol. The Morgan fingerprint density at radius 2 is 2.00 bits per heavy atom. The van der Waals surface area contributed by atoms with Crippen molar-refractivity contribution in [1.29, 1.82) is 0 Å². The molecule has 0 saturated heterocycles. The molecule has 1 aromatic rings. The number of aliphatic hydroxyl groups is 1. The van der Waals surface area contributed by atoms with Crippen molar-refractivity contribution < 1.29 is 24.1 Å². The summed E-state index contributed by atoms with van der Waals surface area (Å²) in [5.74, 6) is 0.838. The lowest BCUT2D eigenvalue weighted by Crippen LogP contribution is -2.41. The van der Waals surface area contributed by atoms with Gasteiger partial charge in [0.2, 0.25) is 0 Å². The van der Waals surface area contributed by atoms with Crippen LogP contribution >= 0.6 is 0 Å². The largest absolute Gasteiger partial charge is 0.493 e. The summed E-state index contributed by atoms with van der Waals surface area (Å²) in [5.41, 5.74) is 0. The number of aliphatic hydroxyl groups excluding tert-OH is 1. The van der Waals surface area contributed by atoms with E-state index in [1.165, 1.54) is 0 Å². The van der Waals surface area contributed by atoms with Crippen molar-refractivity contribution in [3.05, 3.63) is 24.3 Å². The lowest BCUT2D eigenvalue weighted by molar-refractivity contribution is -0.145. The number of hydrogen-bond donors (Lipinski definition) is 2. The average Bonchev–Trinajstić information content (AvgIpc) is 2.50. The van der Waals surface area contributed by atoms with E-state index in [0.29, 0.717) is 18.1 Å². The minimum atomic E-state index is -0.744. The van der Waals surface area contributed by atoms with Crippen molar-refractivity contribution in [2.24, 2.45) is 0 Å². The van der Waals surface area contributed by atoms with Crippen molar-refractivity contribution in [2.45, 2.75) is 26.0 Å². The van der Waals surface area contributed by atoms with Gasteiger partial charge in [-0.1, -0.05) is 12.1 Å². The highest BCUT2D eigenvalue weighted by molar-refractivity contribution is 5.75. The van der Waals surface area contributed by atoms with Gasteiger partial charge in [0.25, 0.3) is 0 Å². The summed E-state index contributed by atoms with van der Waals surface area (Å²) in [5, 5.41) is 12.8. The van der Waals surface area contributed by atoms with E-state index in [9.17, 15) is 9.90 Å². The van der Waals surface area contributed by atoms with Crippen LogP contribution in [0.2, 0.25) is 0 Å². The second kappa shape index (κ2) is 9.20. The lowest BCUT2D eigenvalue weighted by atomic mass is 10.3. The van der Waals surface area contributed by atoms with Crippen molar-refractivity contribution in [2.75, 3.05) is 26.9 Å². The van der Waals surface area contributed by atoms with Crippen LogP contribution in [0.5, 0.6) is 11.5 Å². The highest BCUT2D eigenvalue weighted by Gasteiger charge is 2.15. The summed E-state index contributed by atoms with van der Waals surface area (Å²) in [7, 11) is 1.56. The van der Waals surface area contributed by atoms with Gasteiger partial charge in [-0.05, 0) is 26.0 Å². The molecule has 2 N–H and O–H groups in total. The van der Waals surface area contributed by atoms with Crippen molar-refractivity contribution in [3.63, 3.8) is 0 Å². The average molecular weight is 297 g/mol. The second-order valence-electron chi connectivity index (χ2n) is 4.50. The zero-order valence-corrected chi connectivity index (χ0v) is 12.7. The number of nitrogens with one attached hydrogen (secondary N) is 1. The van der Waals surface area contributed by atoms with Crippen LogP contribution in [0.3, 0.4) is 0 Å². The van der Waals surface area contributed by atoms with Crippen molar-refractivity contribution in [3.8, 4) is 11.5 Å². The Labute approximate surface area is 125 Å². The first kappa shape index (κ1) is 17.3. The maximum Gasteiger partial charge on any atom is 0.322 e. The van der Waals surface area contributed by atoms with Gasteiger partial charge in [0, 0.05) is 6.54 Å². The van der Waals surface area contributed by atoms with Gasteiger partial charge in [0.05, 0.1) is 13.7 Å². The van der Waals surface area contributed by atoms with Crippen LogP contribution in [0.15, 0.2) is 24.3 Å². The topological polar surface area (TPSA) is 77.0 Å². The number of carbonyl (C=O) groups is 1. The number of para-hydroxylation sites is 2. The number of rotatable bonds is 9. The summed E-state index contributed by atoms with van der Waals surface area (Å²) in [6, 6.07) is 6.74. The maximum absolute atomic E-state index is 11.4. The Balaban J connectivity index is 2.34. The zero-order valence-electron chi connectivity index (χ0n) is 12.7. The normalized spacial score (nSPS) is 13.3. The summed E-state index contributed by atoms with van der Waals surface area (Å²) >= 11 is 0. The molecule has 0 saturated carbocycles. The predicted octanol–water partition coefficient (Wildman–Crippen LogP) is 0.976. The number of hydrogen-bond acceptors (Lipinski definition) is 6. The molecule has 0 aliphatic heterocycles. The fourth-order valence-corrected chi connectivity index (χ4v) is 1.65. The van der Waals surface area contributed by atoms with Crippen molar-refractivity contribution in [1.82, 2.24) is 5.32 Å². The molecule has 2 atom stereocenters. The van der Waals surface area contributed by atoms with Gasteiger partial charge >= 0.3 is 5.97 Å². The van der Waals surface area contributed by atoms with Crippen molar-refractivity contribution >= 4 is 5.97 Å². The van der Waals surface area contributed by atoms with Crippen LogP contribution in [0.1, 0.15) is 13.8 Å². The first-order chi connectivity index (χ1) is 10.1. The van der Waals surface area contributed by atoms with E-state index in [0.717, 1.165) is 0 Å². The van der Waals surface area contributed by atoms with Gasteiger partial charge in [-0.25, -0.2) is 0 Å². The standard InChI is InChI=1S/C15H23NO5/c1-4-20-15(18)11(2)16-9-12(17)10-21-14-8-6-5-7-13(14)19-3/h5-8,11-12,16-17H,4,9-10H2,1-3H3. The molecule has 1 aromatic carbocycles. The molecule has 0 aromatic heterocycles. The van der Waals surface area contributed by atoms with Crippen LogP contribution in [0.4, 0.5) is 0 Å². The fourth-order valence-electron chi connectivity index (χ4n) is 1.65. The molecular formula is C15H23NO5. The highest BCUT2D eigenvalue weighted by atomic mass is 16.5. The molecule has 21 heavy (non-hydrogen) atoms. The van der Waals surface area contributed by atoms with Crippen LogP contribution in [0.25, 0.3) is 0 Å². The third kappa shape index (κ3) is 6.01. The molecule has 2 unspecified atom stereocenters. The van der Waals surface area contributed by atoms with Crippen LogP contribution in [-0.2, 0) is 9.53 Å². The van der Waals surface area contributed by atoms with Gasteiger partial charge in [0.15, 0.2) is 11.5 Å². The molecule has 6 heteroatoms. The summed E-state index contributed by atoms with van der Waals surface area (Å²) in [6.45, 7) is 4.11. The van der Waals surface area contributed by atoms with E-state index in [2.05, 4.69) is 5.32 Å². The Morgan fingerprint density at radius 3 is 2.62 bits per heavy atom. The quantitative estimate of drug-likeness (QED) is 0.662. The Bertz CT molecular complexity index is 438. The summed E-state index contributed by atoms with van der Waals surface area (Å²) < 4.78 is 15.5. The van der Waals surface area contributed by atoms with Gasteiger partial charge in [0.1, 0.15) is 18.8 Å². The van der Waals surface area contributed by atoms with Crippen LogP contribution < -0.4 is 14.8 Å². The van der Waals surface area contributed by atoms with Crippen LogP contribution in [-0.4, -0.2) is 50.1 Å². The number of carbonyl (C=O) groups excluding carboxylic acids is 1. The number of benzene rings is 1. The molecule has 0 heterocycles. The molecular weight excluding hydrogens is 274 g/mol. The number of methoxy groups -OCH3 is 1. The molecule has 0 bridgehead atoms. The molecule has 0 fully saturated rings. The molecule has 1 rings (SSSR count). The van der Waals surface area contributed by atoms with E-state index in [-0.39, 0.29) is 19.1 Å². The van der Waals surface area contributed by atoms with Gasteiger partial charge in [-0.15, -0.1) is 0 Å². The SMILES string of the molecule is CCOC(=O)C(C)NCC(O)COc1ccccc1OC. The minimum Gasteiger partial charge on any atom is -0.493 e. The minimum absolute atomic E-state index is 0.100. The number of esters is 1. The number of ether oxygens (including phenoxy) is 3. The Morgan fingerprint density at radius 1 is 1.33 bits per heavy atom. The molecule has 0 radical (unpaired) electrons.